The third kappa shape index (κ3) is 12.9. The lowest BCUT2D eigenvalue weighted by atomic mass is 9.72. The van der Waals surface area contributed by atoms with E-state index in [0.29, 0.717) is 19.3 Å². The first-order valence-electron chi connectivity index (χ1n) is 14.6. The van der Waals surface area contributed by atoms with Crippen LogP contribution in [-0.2, 0) is 14.3 Å². The van der Waals surface area contributed by atoms with Crippen LogP contribution < -0.4 is 0 Å². The summed E-state index contributed by atoms with van der Waals surface area (Å²) < 4.78 is 12.8. The van der Waals surface area contributed by atoms with Crippen LogP contribution in [-0.4, -0.2) is 51.0 Å². The molecule has 5 unspecified atom stereocenters. The van der Waals surface area contributed by atoms with Crippen molar-refractivity contribution in [1.82, 2.24) is 0 Å². The lowest BCUT2D eigenvalue weighted by Crippen LogP contribution is -2.70. The summed E-state index contributed by atoms with van der Waals surface area (Å²) in [7, 11) is 0. The molecule has 0 saturated carbocycles. The first-order chi connectivity index (χ1) is 16.6. The predicted molar refractivity (Wildman–Crippen MR) is 161 cm³/mol. The van der Waals surface area contributed by atoms with Crippen LogP contribution >= 0.6 is 0 Å². The van der Waals surface area contributed by atoms with E-state index in [9.17, 15) is 20.1 Å². The lowest BCUT2D eigenvalue weighted by Gasteiger charge is -2.59. The van der Waals surface area contributed by atoms with Crippen LogP contribution in [0.25, 0.3) is 0 Å². The lowest BCUT2D eigenvalue weighted by molar-refractivity contribution is -0.457. The predicted octanol–water partition coefficient (Wildman–Crippen LogP) is 7.51. The molecule has 39 heavy (non-hydrogen) atoms. The van der Waals surface area contributed by atoms with Crippen molar-refractivity contribution in [2.75, 3.05) is 0 Å². The van der Waals surface area contributed by atoms with E-state index in [1.54, 1.807) is 0 Å². The third-order valence-corrected chi connectivity index (χ3v) is 6.43. The summed E-state index contributed by atoms with van der Waals surface area (Å²) in [4.78, 5) is 11.6. The molecule has 1 saturated heterocycles. The molecule has 1 rings (SSSR count). The first kappa shape index (κ1) is 38.5. The number of hydrogen-bond donors (Lipinski definition) is 3. The van der Waals surface area contributed by atoms with Crippen molar-refractivity contribution in [3.8, 4) is 0 Å². The fraction of sp³-hybridized carbons (Fsp3) is 0.970. The molecule has 0 aromatic carbocycles. The Balaban J connectivity index is 0.000000935. The molecular formula is C33H66O6. The van der Waals surface area contributed by atoms with Crippen LogP contribution in [0.15, 0.2) is 0 Å². The van der Waals surface area contributed by atoms with E-state index in [1.165, 1.54) is 0 Å². The van der Waals surface area contributed by atoms with Crippen molar-refractivity contribution in [1.29, 1.82) is 0 Å². The summed E-state index contributed by atoms with van der Waals surface area (Å²) in [5.74, 6) is -2.98. The van der Waals surface area contributed by atoms with Gasteiger partial charge < -0.3 is 24.8 Å². The number of carbonyl (C=O) groups excluding carboxylic acids is 1. The quantitative estimate of drug-likeness (QED) is 0.330. The molecule has 0 aliphatic carbocycles. The minimum atomic E-state index is -1.46. The van der Waals surface area contributed by atoms with Crippen molar-refractivity contribution >= 4 is 5.78 Å². The zero-order valence-corrected chi connectivity index (χ0v) is 28.9. The normalized spacial score (nSPS) is 28.4. The number of aliphatic hydroxyl groups excluding tert-OH is 1. The summed E-state index contributed by atoms with van der Waals surface area (Å²) in [6.07, 6.45) is -0.821. The highest BCUT2D eigenvalue weighted by molar-refractivity contribution is 5.84. The standard InChI is InChI=1S/C22H44O4.C11H22O2/c1-17(2,3)13-21(23)15(19(7,8)9)26-22(24,14-18(4,5)6)16(25-21)20(10,11)12;1-10(2,3)7-8(12)9(13)11(4,5)6/h15-16,23-24H,13-14H2,1-12H3;9,13H,7H2,1-6H3. The Bertz CT molecular complexity index is 745. The van der Waals surface area contributed by atoms with E-state index in [1.807, 2.05) is 83.1 Å². The molecule has 0 radical (unpaired) electrons. The summed E-state index contributed by atoms with van der Waals surface area (Å²) in [5, 5.41) is 32.9. The number of Topliss-reactive ketones (excluding diaryl/α,β-unsaturated/α-hetero) is 1. The molecule has 5 atom stereocenters. The molecule has 1 aliphatic rings. The monoisotopic (exact) mass is 558 g/mol. The molecule has 0 aromatic rings. The molecule has 0 spiro atoms. The van der Waals surface area contributed by atoms with Crippen LogP contribution in [0.2, 0.25) is 0 Å². The summed E-state index contributed by atoms with van der Waals surface area (Å²) >= 11 is 0. The van der Waals surface area contributed by atoms with Crippen molar-refractivity contribution in [2.45, 2.75) is 174 Å². The SMILES string of the molecule is CC(C)(C)CC(=O)C(O)C(C)(C)C.CC(C)(C)CC1(O)OC(C(C)(C)C)C(O)(CC(C)(C)C)OC1C(C)(C)C. The van der Waals surface area contributed by atoms with E-state index < -0.39 is 40.7 Å². The number of hydrogen-bond acceptors (Lipinski definition) is 6. The number of ether oxygens (including phenoxy) is 2. The first-order valence-corrected chi connectivity index (χ1v) is 14.6. The van der Waals surface area contributed by atoms with Gasteiger partial charge in [-0.3, -0.25) is 4.79 Å². The van der Waals surface area contributed by atoms with Gasteiger partial charge in [0.1, 0.15) is 18.3 Å². The highest BCUT2D eigenvalue weighted by atomic mass is 16.7. The van der Waals surface area contributed by atoms with Gasteiger partial charge in [0.15, 0.2) is 17.4 Å². The van der Waals surface area contributed by atoms with Gasteiger partial charge in [-0.1, -0.05) is 125 Å². The zero-order valence-electron chi connectivity index (χ0n) is 28.9. The number of ketones is 1. The highest BCUT2D eigenvalue weighted by Gasteiger charge is 2.62. The average molecular weight is 559 g/mol. The van der Waals surface area contributed by atoms with E-state index in [2.05, 4.69) is 41.5 Å². The fourth-order valence-corrected chi connectivity index (χ4v) is 5.31. The molecule has 3 N–H and O–H groups in total. The van der Waals surface area contributed by atoms with Gasteiger partial charge >= 0.3 is 0 Å². The van der Waals surface area contributed by atoms with Gasteiger partial charge in [0.2, 0.25) is 0 Å². The van der Waals surface area contributed by atoms with Crippen molar-refractivity contribution in [3.05, 3.63) is 0 Å². The van der Waals surface area contributed by atoms with Crippen LogP contribution in [0.3, 0.4) is 0 Å². The van der Waals surface area contributed by atoms with Gasteiger partial charge in [-0.05, 0) is 32.5 Å². The van der Waals surface area contributed by atoms with E-state index >= 15 is 0 Å². The molecular weight excluding hydrogens is 492 g/mol. The minimum Gasteiger partial charge on any atom is -0.385 e. The molecule has 0 aromatic heterocycles. The maximum Gasteiger partial charge on any atom is 0.193 e. The maximum absolute atomic E-state index is 11.6. The molecule has 1 aliphatic heterocycles. The molecule has 1 fully saturated rings. The van der Waals surface area contributed by atoms with E-state index in [4.69, 9.17) is 9.47 Å². The van der Waals surface area contributed by atoms with Crippen molar-refractivity contribution in [2.24, 2.45) is 32.5 Å². The van der Waals surface area contributed by atoms with Gasteiger partial charge in [-0.2, -0.15) is 0 Å². The van der Waals surface area contributed by atoms with E-state index in [0.717, 1.165) is 0 Å². The molecule has 0 bridgehead atoms. The second-order valence-corrected chi connectivity index (χ2v) is 18.9. The number of aliphatic hydroxyl groups is 3. The van der Waals surface area contributed by atoms with Gasteiger partial charge in [-0.25, -0.2) is 0 Å². The summed E-state index contributed by atoms with van der Waals surface area (Å²) in [6.45, 7) is 36.2. The van der Waals surface area contributed by atoms with E-state index in [-0.39, 0.29) is 27.4 Å². The Morgan fingerprint density at radius 2 is 0.897 bits per heavy atom. The Labute approximate surface area is 241 Å². The van der Waals surface area contributed by atoms with Gasteiger partial charge in [-0.15, -0.1) is 0 Å². The Hall–Kier alpha value is -0.530. The van der Waals surface area contributed by atoms with Crippen molar-refractivity contribution in [3.63, 3.8) is 0 Å². The fourth-order valence-electron chi connectivity index (χ4n) is 5.31. The zero-order chi connectivity index (χ0) is 31.8. The minimum absolute atomic E-state index is 0.0384. The van der Waals surface area contributed by atoms with Crippen LogP contribution in [0.5, 0.6) is 0 Å². The summed E-state index contributed by atoms with van der Waals surface area (Å²) in [5.41, 5.74) is -1.47. The van der Waals surface area contributed by atoms with Crippen LogP contribution in [0.1, 0.15) is 144 Å². The number of rotatable bonds is 4. The average Bonchev–Trinajstić information content (AvgIpc) is 2.56. The topological polar surface area (TPSA) is 96.2 Å². The van der Waals surface area contributed by atoms with Gasteiger partial charge in [0, 0.05) is 19.3 Å². The molecule has 0 amide bonds. The van der Waals surface area contributed by atoms with Crippen molar-refractivity contribution < 1.29 is 29.6 Å². The second-order valence-electron chi connectivity index (χ2n) is 18.9. The molecule has 6 heteroatoms. The third-order valence-electron chi connectivity index (χ3n) is 6.43. The second kappa shape index (κ2) is 12.0. The molecule has 1 heterocycles. The Kier molecular flexibility index (Phi) is 11.8. The van der Waals surface area contributed by atoms with Gasteiger partial charge in [0.05, 0.1) is 0 Å². The largest absolute Gasteiger partial charge is 0.385 e. The van der Waals surface area contributed by atoms with Gasteiger partial charge in [0.25, 0.3) is 0 Å². The maximum atomic E-state index is 11.6. The number of carbonyl (C=O) groups is 1. The summed E-state index contributed by atoms with van der Waals surface area (Å²) in [6, 6.07) is 0. The van der Waals surface area contributed by atoms with Crippen LogP contribution in [0, 0.1) is 32.5 Å². The smallest absolute Gasteiger partial charge is 0.193 e. The highest BCUT2D eigenvalue weighted by Crippen LogP contribution is 2.51. The Morgan fingerprint density at radius 3 is 1.08 bits per heavy atom. The molecule has 6 nitrogen and oxygen atoms in total. The van der Waals surface area contributed by atoms with Crippen LogP contribution in [0.4, 0.5) is 0 Å². The Morgan fingerprint density at radius 1 is 0.615 bits per heavy atom. The molecule has 234 valence electrons.